The van der Waals surface area contributed by atoms with Gasteiger partial charge in [-0.2, -0.15) is 0 Å². The summed E-state index contributed by atoms with van der Waals surface area (Å²) in [4.78, 5) is 10.3. The fourth-order valence-electron chi connectivity index (χ4n) is 1.08. The molecule has 0 spiro atoms. The number of carboxylic acid groups (broad SMARTS) is 1. The zero-order chi connectivity index (χ0) is 10.3. The first-order valence-electron chi connectivity index (χ1n) is 3.51. The van der Waals surface area contributed by atoms with Crippen molar-refractivity contribution in [2.45, 2.75) is 24.1 Å². The molecule has 76 valence electrons. The summed E-state index contributed by atoms with van der Waals surface area (Å²) in [7, 11) is 0. The number of hydrogen-bond acceptors (Lipinski definition) is 6. The predicted octanol–water partition coefficient (Wildman–Crippen LogP) is -2.78. The Morgan fingerprint density at radius 3 is 2.31 bits per heavy atom. The third-order valence-corrected chi connectivity index (χ3v) is 1.87. The van der Waals surface area contributed by atoms with Crippen molar-refractivity contribution < 1.29 is 35.1 Å². The summed E-state index contributed by atoms with van der Waals surface area (Å²) in [6.07, 6.45) is -2.32. The first-order chi connectivity index (χ1) is 5.84. The summed E-state index contributed by atoms with van der Waals surface area (Å²) in [6, 6.07) is 0. The van der Waals surface area contributed by atoms with Crippen molar-refractivity contribution in [1.82, 2.24) is 0 Å². The molecule has 1 aliphatic heterocycles. The Balaban J connectivity index is 2.61. The SMILES string of the molecule is O=C(O)[C@]1(O)C[C@](O)([C@H](O)CO)O1. The Kier molecular flexibility index (Phi) is 2.30. The van der Waals surface area contributed by atoms with Gasteiger partial charge in [0.2, 0.25) is 5.79 Å². The molecule has 1 aliphatic rings. The minimum Gasteiger partial charge on any atom is -0.477 e. The lowest BCUT2D eigenvalue weighted by atomic mass is 9.93. The van der Waals surface area contributed by atoms with E-state index in [0.29, 0.717) is 0 Å². The van der Waals surface area contributed by atoms with Crippen molar-refractivity contribution in [3.63, 3.8) is 0 Å². The highest BCUT2D eigenvalue weighted by Crippen LogP contribution is 2.40. The Labute approximate surface area is 72.8 Å². The number of rotatable bonds is 3. The molecular weight excluding hydrogens is 184 g/mol. The molecule has 0 aliphatic carbocycles. The van der Waals surface area contributed by atoms with Crippen molar-refractivity contribution >= 4 is 5.97 Å². The molecule has 0 radical (unpaired) electrons. The van der Waals surface area contributed by atoms with E-state index in [2.05, 4.69) is 4.74 Å². The van der Waals surface area contributed by atoms with Crippen LogP contribution in [-0.4, -0.2) is 55.8 Å². The maximum absolute atomic E-state index is 10.3. The van der Waals surface area contributed by atoms with Crippen LogP contribution in [0.25, 0.3) is 0 Å². The Bertz CT molecular complexity index is 219. The maximum atomic E-state index is 10.3. The molecule has 1 heterocycles. The van der Waals surface area contributed by atoms with Crippen molar-refractivity contribution in [2.24, 2.45) is 0 Å². The van der Waals surface area contributed by atoms with Crippen LogP contribution in [0.15, 0.2) is 0 Å². The molecule has 1 saturated heterocycles. The second-order valence-corrected chi connectivity index (χ2v) is 2.91. The molecule has 0 aromatic rings. The molecule has 13 heavy (non-hydrogen) atoms. The van der Waals surface area contributed by atoms with Crippen LogP contribution in [0.3, 0.4) is 0 Å². The summed E-state index contributed by atoms with van der Waals surface area (Å²) in [5.41, 5.74) is 0. The normalized spacial score (nSPS) is 40.9. The van der Waals surface area contributed by atoms with Gasteiger partial charge in [0.05, 0.1) is 13.0 Å². The van der Waals surface area contributed by atoms with Gasteiger partial charge in [-0.3, -0.25) is 0 Å². The minimum atomic E-state index is -2.47. The number of hydrogen-bond donors (Lipinski definition) is 5. The summed E-state index contributed by atoms with van der Waals surface area (Å²) < 4.78 is 4.23. The van der Waals surface area contributed by atoms with Gasteiger partial charge in [-0.25, -0.2) is 4.79 Å². The maximum Gasteiger partial charge on any atom is 0.364 e. The molecule has 0 unspecified atom stereocenters. The second kappa shape index (κ2) is 2.89. The van der Waals surface area contributed by atoms with E-state index in [-0.39, 0.29) is 0 Å². The molecule has 0 aromatic heterocycles. The molecule has 7 nitrogen and oxygen atoms in total. The van der Waals surface area contributed by atoms with E-state index in [1.807, 2.05) is 0 Å². The zero-order valence-electron chi connectivity index (χ0n) is 6.54. The van der Waals surface area contributed by atoms with Gasteiger partial charge in [0.25, 0.3) is 5.79 Å². The van der Waals surface area contributed by atoms with E-state index in [4.69, 9.17) is 20.4 Å². The quantitative estimate of drug-likeness (QED) is 0.329. The van der Waals surface area contributed by atoms with E-state index in [1.54, 1.807) is 0 Å². The molecule has 7 heteroatoms. The van der Waals surface area contributed by atoms with Crippen LogP contribution in [0, 0.1) is 0 Å². The molecule has 0 bridgehead atoms. The van der Waals surface area contributed by atoms with Gasteiger partial charge in [-0.1, -0.05) is 0 Å². The van der Waals surface area contributed by atoms with Crippen LogP contribution >= 0.6 is 0 Å². The molecule has 5 N–H and O–H groups in total. The Morgan fingerprint density at radius 2 is 2.00 bits per heavy atom. The summed E-state index contributed by atoms with van der Waals surface area (Å²) >= 11 is 0. The minimum absolute atomic E-state index is 0.683. The van der Waals surface area contributed by atoms with Gasteiger partial charge in [0.1, 0.15) is 6.10 Å². The number of aliphatic hydroxyl groups excluding tert-OH is 2. The molecule has 0 amide bonds. The van der Waals surface area contributed by atoms with Crippen molar-refractivity contribution in [3.05, 3.63) is 0 Å². The highest BCUT2D eigenvalue weighted by molar-refractivity contribution is 5.76. The average molecular weight is 194 g/mol. The highest BCUT2D eigenvalue weighted by atomic mass is 16.8. The zero-order valence-corrected chi connectivity index (χ0v) is 6.54. The van der Waals surface area contributed by atoms with E-state index < -0.39 is 36.7 Å². The van der Waals surface area contributed by atoms with E-state index in [9.17, 15) is 9.90 Å². The van der Waals surface area contributed by atoms with Crippen LogP contribution in [0.4, 0.5) is 0 Å². The van der Waals surface area contributed by atoms with Gasteiger partial charge in [0.15, 0.2) is 0 Å². The topological polar surface area (TPSA) is 127 Å². The molecule has 0 saturated carbocycles. The van der Waals surface area contributed by atoms with Gasteiger partial charge in [-0.05, 0) is 0 Å². The lowest BCUT2D eigenvalue weighted by Crippen LogP contribution is -2.69. The monoisotopic (exact) mass is 194 g/mol. The molecule has 3 atom stereocenters. The van der Waals surface area contributed by atoms with E-state index in [0.717, 1.165) is 0 Å². The number of carboxylic acids is 1. The molecule has 0 aromatic carbocycles. The van der Waals surface area contributed by atoms with Crippen LogP contribution < -0.4 is 0 Å². The predicted molar refractivity (Wildman–Crippen MR) is 36.3 cm³/mol. The number of ether oxygens (including phenoxy) is 1. The van der Waals surface area contributed by atoms with Gasteiger partial charge in [0, 0.05) is 0 Å². The van der Waals surface area contributed by atoms with Crippen LogP contribution in [0.1, 0.15) is 6.42 Å². The van der Waals surface area contributed by atoms with Crippen molar-refractivity contribution in [2.75, 3.05) is 6.61 Å². The fraction of sp³-hybridized carbons (Fsp3) is 0.833. The number of aliphatic hydroxyl groups is 4. The van der Waals surface area contributed by atoms with Gasteiger partial charge >= 0.3 is 5.97 Å². The first kappa shape index (κ1) is 10.4. The van der Waals surface area contributed by atoms with Crippen molar-refractivity contribution in [1.29, 1.82) is 0 Å². The smallest absolute Gasteiger partial charge is 0.364 e. The van der Waals surface area contributed by atoms with E-state index in [1.165, 1.54) is 0 Å². The molecular formula is C6H10O7. The van der Waals surface area contributed by atoms with Gasteiger partial charge < -0.3 is 30.3 Å². The molecule has 1 rings (SSSR count). The lowest BCUT2D eigenvalue weighted by Gasteiger charge is -2.48. The standard InChI is InChI=1S/C6H10O7/c7-1-3(8)5(11)2-6(12,13-5)4(9)10/h3,7-8,11-12H,1-2H2,(H,9,10)/t3-,5-,6+/m1/s1. The van der Waals surface area contributed by atoms with Gasteiger partial charge in [-0.15, -0.1) is 0 Å². The third kappa shape index (κ3) is 1.52. The fourth-order valence-corrected chi connectivity index (χ4v) is 1.08. The summed E-state index contributed by atoms with van der Waals surface area (Å²) in [5.74, 6) is -6.30. The van der Waals surface area contributed by atoms with Crippen LogP contribution in [0.2, 0.25) is 0 Å². The summed E-state index contributed by atoms with van der Waals surface area (Å²) in [5, 5.41) is 43.9. The lowest BCUT2D eigenvalue weighted by molar-refractivity contribution is -0.443. The largest absolute Gasteiger partial charge is 0.477 e. The third-order valence-electron chi connectivity index (χ3n) is 1.87. The first-order valence-corrected chi connectivity index (χ1v) is 3.51. The average Bonchev–Trinajstić information content (AvgIpc) is 1.99. The van der Waals surface area contributed by atoms with E-state index >= 15 is 0 Å². The summed E-state index contributed by atoms with van der Waals surface area (Å²) in [6.45, 7) is -0.786. The molecule has 1 fully saturated rings. The number of aliphatic carboxylic acids is 1. The van der Waals surface area contributed by atoms with Crippen LogP contribution in [0.5, 0.6) is 0 Å². The highest BCUT2D eigenvalue weighted by Gasteiger charge is 2.63. The Morgan fingerprint density at radius 1 is 1.54 bits per heavy atom. The second-order valence-electron chi connectivity index (χ2n) is 2.91. The number of carbonyl (C=O) groups is 1. The Hall–Kier alpha value is -0.730. The van der Waals surface area contributed by atoms with Crippen LogP contribution in [-0.2, 0) is 9.53 Å². The van der Waals surface area contributed by atoms with Crippen molar-refractivity contribution in [3.8, 4) is 0 Å².